The molecule has 0 aliphatic rings. The third-order valence-electron chi connectivity index (χ3n) is 1.33. The SMILES string of the molecule is Cc1nnc(NC(=O)CCCO)o1. The number of amides is 1. The number of aromatic nitrogens is 2. The van der Waals surface area contributed by atoms with Crippen LogP contribution in [-0.2, 0) is 4.79 Å². The Labute approximate surface area is 75.0 Å². The number of aliphatic hydroxyl groups excluding tert-OH is 1. The second kappa shape index (κ2) is 4.56. The van der Waals surface area contributed by atoms with Gasteiger partial charge in [-0.3, -0.25) is 10.1 Å². The standard InChI is InChI=1S/C7H11N3O3/c1-5-9-10-7(13-5)8-6(12)3-2-4-11/h11H,2-4H2,1H3,(H,8,10,12). The molecule has 1 aromatic heterocycles. The molecular weight excluding hydrogens is 174 g/mol. The number of rotatable bonds is 4. The van der Waals surface area contributed by atoms with Crippen molar-refractivity contribution in [3.05, 3.63) is 5.89 Å². The summed E-state index contributed by atoms with van der Waals surface area (Å²) >= 11 is 0. The first kappa shape index (κ1) is 9.66. The van der Waals surface area contributed by atoms with Crippen molar-refractivity contribution in [1.82, 2.24) is 10.2 Å². The Kier molecular flexibility index (Phi) is 3.39. The molecule has 0 radical (unpaired) electrons. The van der Waals surface area contributed by atoms with Gasteiger partial charge in [-0.2, -0.15) is 0 Å². The van der Waals surface area contributed by atoms with Crippen molar-refractivity contribution in [3.8, 4) is 0 Å². The van der Waals surface area contributed by atoms with Gasteiger partial charge in [-0.25, -0.2) is 0 Å². The Morgan fingerprint density at radius 1 is 1.62 bits per heavy atom. The molecule has 1 aromatic rings. The Hall–Kier alpha value is -1.43. The van der Waals surface area contributed by atoms with Crippen LogP contribution in [0.3, 0.4) is 0 Å². The number of carbonyl (C=O) groups is 1. The van der Waals surface area contributed by atoms with Crippen molar-refractivity contribution in [2.45, 2.75) is 19.8 Å². The molecule has 2 N–H and O–H groups in total. The number of aryl methyl sites for hydroxylation is 1. The smallest absolute Gasteiger partial charge is 0.322 e. The third kappa shape index (κ3) is 3.20. The van der Waals surface area contributed by atoms with Crippen molar-refractivity contribution in [1.29, 1.82) is 0 Å². The minimum Gasteiger partial charge on any atom is -0.408 e. The van der Waals surface area contributed by atoms with E-state index >= 15 is 0 Å². The molecular formula is C7H11N3O3. The van der Waals surface area contributed by atoms with Crippen LogP contribution in [0.2, 0.25) is 0 Å². The lowest BCUT2D eigenvalue weighted by Gasteiger charge is -1.97. The van der Waals surface area contributed by atoms with Crippen LogP contribution in [0, 0.1) is 6.92 Å². The first-order valence-electron chi connectivity index (χ1n) is 3.93. The minimum absolute atomic E-state index is 0.00369. The van der Waals surface area contributed by atoms with Crippen LogP contribution in [0.5, 0.6) is 0 Å². The summed E-state index contributed by atoms with van der Waals surface area (Å²) in [5.74, 6) is 0.162. The van der Waals surface area contributed by atoms with E-state index in [4.69, 9.17) is 9.52 Å². The predicted molar refractivity (Wildman–Crippen MR) is 44.0 cm³/mol. The second-order valence-electron chi connectivity index (χ2n) is 2.50. The predicted octanol–water partition coefficient (Wildman–Crippen LogP) is 0.0890. The van der Waals surface area contributed by atoms with Crippen LogP contribution in [0.15, 0.2) is 4.42 Å². The molecule has 0 aromatic carbocycles. The lowest BCUT2D eigenvalue weighted by molar-refractivity contribution is -0.116. The van der Waals surface area contributed by atoms with Crippen LogP contribution in [0.4, 0.5) is 6.01 Å². The first-order valence-corrected chi connectivity index (χ1v) is 3.93. The average molecular weight is 185 g/mol. The number of aliphatic hydroxyl groups is 1. The summed E-state index contributed by atoms with van der Waals surface area (Å²) in [4.78, 5) is 11.0. The summed E-state index contributed by atoms with van der Waals surface area (Å²) in [6.07, 6.45) is 0.677. The van der Waals surface area contributed by atoms with Crippen molar-refractivity contribution < 1.29 is 14.3 Å². The van der Waals surface area contributed by atoms with Gasteiger partial charge in [-0.1, -0.05) is 5.10 Å². The highest BCUT2D eigenvalue weighted by Crippen LogP contribution is 2.04. The highest BCUT2D eigenvalue weighted by atomic mass is 16.4. The maximum Gasteiger partial charge on any atom is 0.322 e. The molecule has 1 amide bonds. The van der Waals surface area contributed by atoms with Crippen LogP contribution in [0.1, 0.15) is 18.7 Å². The largest absolute Gasteiger partial charge is 0.408 e. The molecule has 1 rings (SSSR count). The molecule has 6 nitrogen and oxygen atoms in total. The molecule has 0 aliphatic heterocycles. The van der Waals surface area contributed by atoms with Crippen LogP contribution < -0.4 is 5.32 Å². The van der Waals surface area contributed by atoms with E-state index in [1.165, 1.54) is 0 Å². The summed E-state index contributed by atoms with van der Waals surface area (Å²) in [6.45, 7) is 1.63. The van der Waals surface area contributed by atoms with E-state index in [9.17, 15) is 4.79 Å². The fraction of sp³-hybridized carbons (Fsp3) is 0.571. The van der Waals surface area contributed by atoms with Gasteiger partial charge in [-0.05, 0) is 6.42 Å². The molecule has 1 heterocycles. The number of hydrogen-bond donors (Lipinski definition) is 2. The summed E-state index contributed by atoms with van der Waals surface area (Å²) in [7, 11) is 0. The van der Waals surface area contributed by atoms with E-state index in [-0.39, 0.29) is 24.9 Å². The minimum atomic E-state index is -0.238. The zero-order valence-corrected chi connectivity index (χ0v) is 7.28. The monoisotopic (exact) mass is 185 g/mol. The summed E-state index contributed by atoms with van der Waals surface area (Å²) in [6, 6.07) is 0.0976. The maximum atomic E-state index is 11.0. The molecule has 0 saturated heterocycles. The maximum absolute atomic E-state index is 11.0. The van der Waals surface area contributed by atoms with E-state index in [1.807, 2.05) is 0 Å². The number of nitrogens with zero attached hydrogens (tertiary/aromatic N) is 2. The number of hydrogen-bond acceptors (Lipinski definition) is 5. The van der Waals surface area contributed by atoms with Gasteiger partial charge in [0, 0.05) is 20.0 Å². The molecule has 0 spiro atoms. The zero-order chi connectivity index (χ0) is 9.68. The quantitative estimate of drug-likeness (QED) is 0.693. The normalized spacial score (nSPS) is 10.0. The average Bonchev–Trinajstić information content (AvgIpc) is 2.48. The second-order valence-corrected chi connectivity index (χ2v) is 2.50. The third-order valence-corrected chi connectivity index (χ3v) is 1.33. The summed E-state index contributed by atoms with van der Waals surface area (Å²) < 4.78 is 4.92. The Balaban J connectivity index is 2.36. The van der Waals surface area contributed by atoms with Gasteiger partial charge in [0.15, 0.2) is 0 Å². The molecule has 72 valence electrons. The number of nitrogens with one attached hydrogen (secondary N) is 1. The highest BCUT2D eigenvalue weighted by molar-refractivity contribution is 5.88. The molecule has 0 atom stereocenters. The highest BCUT2D eigenvalue weighted by Gasteiger charge is 2.06. The number of carbonyl (C=O) groups excluding carboxylic acids is 1. The van der Waals surface area contributed by atoms with Gasteiger partial charge < -0.3 is 9.52 Å². The van der Waals surface area contributed by atoms with Gasteiger partial charge >= 0.3 is 6.01 Å². The molecule has 0 unspecified atom stereocenters. The van der Waals surface area contributed by atoms with Crippen molar-refractivity contribution in [2.75, 3.05) is 11.9 Å². The fourth-order valence-electron chi connectivity index (χ4n) is 0.768. The zero-order valence-electron chi connectivity index (χ0n) is 7.28. The lowest BCUT2D eigenvalue weighted by atomic mass is 10.3. The van der Waals surface area contributed by atoms with E-state index in [0.717, 1.165) is 0 Å². The van der Waals surface area contributed by atoms with Crippen molar-refractivity contribution in [2.24, 2.45) is 0 Å². The summed E-state index contributed by atoms with van der Waals surface area (Å²) in [5.41, 5.74) is 0. The topological polar surface area (TPSA) is 88.2 Å². The van der Waals surface area contributed by atoms with E-state index < -0.39 is 0 Å². The van der Waals surface area contributed by atoms with E-state index in [1.54, 1.807) is 6.92 Å². The molecule has 6 heteroatoms. The van der Waals surface area contributed by atoms with Gasteiger partial charge in [0.2, 0.25) is 11.8 Å². The van der Waals surface area contributed by atoms with Crippen molar-refractivity contribution >= 4 is 11.9 Å². The molecule has 0 bridgehead atoms. The Morgan fingerprint density at radius 2 is 2.38 bits per heavy atom. The number of anilines is 1. The van der Waals surface area contributed by atoms with Crippen LogP contribution in [0.25, 0.3) is 0 Å². The summed E-state index contributed by atoms with van der Waals surface area (Å²) in [5, 5.41) is 18.0. The first-order chi connectivity index (χ1) is 6.22. The lowest BCUT2D eigenvalue weighted by Crippen LogP contribution is -2.11. The molecule has 0 aliphatic carbocycles. The van der Waals surface area contributed by atoms with E-state index in [0.29, 0.717) is 12.3 Å². The van der Waals surface area contributed by atoms with Gasteiger partial charge in [0.05, 0.1) is 0 Å². The van der Waals surface area contributed by atoms with E-state index in [2.05, 4.69) is 15.5 Å². The van der Waals surface area contributed by atoms with Gasteiger partial charge in [-0.15, -0.1) is 5.10 Å². The van der Waals surface area contributed by atoms with Crippen LogP contribution in [-0.4, -0.2) is 27.8 Å². The molecule has 0 saturated carbocycles. The van der Waals surface area contributed by atoms with Gasteiger partial charge in [0.25, 0.3) is 0 Å². The Bertz CT molecular complexity index is 284. The molecule has 13 heavy (non-hydrogen) atoms. The molecule has 0 fully saturated rings. The van der Waals surface area contributed by atoms with Gasteiger partial charge in [0.1, 0.15) is 0 Å². The van der Waals surface area contributed by atoms with Crippen molar-refractivity contribution in [3.63, 3.8) is 0 Å². The Morgan fingerprint density at radius 3 is 2.92 bits per heavy atom. The van der Waals surface area contributed by atoms with Crippen LogP contribution >= 0.6 is 0 Å². The fourth-order valence-corrected chi connectivity index (χ4v) is 0.768.